The first-order chi connectivity index (χ1) is 16.6. The van der Waals surface area contributed by atoms with Crippen molar-refractivity contribution < 1.29 is 19.1 Å². The van der Waals surface area contributed by atoms with Crippen molar-refractivity contribution >= 4 is 17.5 Å². The van der Waals surface area contributed by atoms with Gasteiger partial charge in [-0.15, -0.1) is 0 Å². The zero-order chi connectivity index (χ0) is 25.4. The highest BCUT2D eigenvalue weighted by Crippen LogP contribution is 2.21. The van der Waals surface area contributed by atoms with Gasteiger partial charge in [0.1, 0.15) is 25.5 Å². The first-order valence-corrected chi connectivity index (χ1v) is 12.2. The predicted octanol–water partition coefficient (Wildman–Crippen LogP) is 2.95. The van der Waals surface area contributed by atoms with Crippen LogP contribution in [-0.4, -0.2) is 82.9 Å². The van der Waals surface area contributed by atoms with Crippen molar-refractivity contribution in [3.63, 3.8) is 0 Å². The minimum Gasteiger partial charge on any atom is -0.492 e. The van der Waals surface area contributed by atoms with Crippen molar-refractivity contribution in [2.75, 3.05) is 45.2 Å². The van der Waals surface area contributed by atoms with E-state index in [1.54, 1.807) is 18.1 Å². The smallest absolute Gasteiger partial charge is 0.250 e. The third-order valence-corrected chi connectivity index (χ3v) is 6.13. The second kappa shape index (κ2) is 12.2. The lowest BCUT2D eigenvalue weighted by Crippen LogP contribution is -2.49. The van der Waals surface area contributed by atoms with Crippen molar-refractivity contribution in [1.29, 1.82) is 0 Å². The minimum atomic E-state index is -0.228. The Bertz CT molecular complexity index is 967. The molecule has 0 aliphatic carbocycles. The molecule has 0 radical (unpaired) electrons. The number of piperidine rings is 1. The number of likely N-dealkylation sites (N-methyl/N-ethyl adjacent to an activating group) is 1. The Morgan fingerprint density at radius 3 is 2.69 bits per heavy atom. The number of nitrogens with zero attached hydrogens (tertiary/aromatic N) is 4. The van der Waals surface area contributed by atoms with E-state index in [9.17, 15) is 9.59 Å². The molecule has 35 heavy (non-hydrogen) atoms. The van der Waals surface area contributed by atoms with E-state index in [4.69, 9.17) is 9.47 Å². The average Bonchev–Trinajstić information content (AvgIpc) is 3.25. The summed E-state index contributed by atoms with van der Waals surface area (Å²) in [6, 6.07) is 7.80. The summed E-state index contributed by atoms with van der Waals surface area (Å²) in [6.07, 6.45) is 5.27. The van der Waals surface area contributed by atoms with Gasteiger partial charge in [-0.2, -0.15) is 5.10 Å². The lowest BCUT2D eigenvalue weighted by Gasteiger charge is -2.41. The molecule has 2 amide bonds. The fourth-order valence-corrected chi connectivity index (χ4v) is 3.91. The zero-order valence-corrected chi connectivity index (χ0v) is 21.6. The van der Waals surface area contributed by atoms with Crippen molar-refractivity contribution in [1.82, 2.24) is 19.6 Å². The van der Waals surface area contributed by atoms with Crippen LogP contribution in [0.5, 0.6) is 5.75 Å². The number of ether oxygens (including phenoxy) is 2. The summed E-state index contributed by atoms with van der Waals surface area (Å²) in [4.78, 5) is 28.9. The van der Waals surface area contributed by atoms with Crippen LogP contribution in [0.2, 0.25) is 0 Å². The van der Waals surface area contributed by atoms with Gasteiger partial charge in [-0.3, -0.25) is 19.2 Å². The van der Waals surface area contributed by atoms with Crippen LogP contribution < -0.4 is 10.1 Å². The van der Waals surface area contributed by atoms with Crippen LogP contribution in [0.15, 0.2) is 36.7 Å². The van der Waals surface area contributed by atoms with Gasteiger partial charge in [-0.25, -0.2) is 0 Å². The monoisotopic (exact) mass is 485 g/mol. The third-order valence-electron chi connectivity index (χ3n) is 6.13. The second-order valence-electron chi connectivity index (χ2n) is 10.1. The van der Waals surface area contributed by atoms with Crippen molar-refractivity contribution in [2.24, 2.45) is 0 Å². The Balaban J connectivity index is 1.37. The van der Waals surface area contributed by atoms with E-state index in [1.165, 1.54) is 16.4 Å². The van der Waals surface area contributed by atoms with E-state index in [0.717, 1.165) is 31.7 Å². The topological polar surface area (TPSA) is 88.9 Å². The van der Waals surface area contributed by atoms with E-state index < -0.39 is 0 Å². The molecule has 3 rings (SSSR count). The molecule has 0 spiro atoms. The second-order valence-corrected chi connectivity index (χ2v) is 10.1. The Morgan fingerprint density at radius 1 is 1.23 bits per heavy atom. The number of aromatic nitrogens is 2. The van der Waals surface area contributed by atoms with Crippen molar-refractivity contribution in [3.05, 3.63) is 42.2 Å². The van der Waals surface area contributed by atoms with Crippen LogP contribution in [0.25, 0.3) is 0 Å². The molecule has 2 heterocycles. The molecule has 1 aliphatic heterocycles. The molecule has 0 saturated carbocycles. The lowest BCUT2D eigenvalue weighted by molar-refractivity contribution is -0.131. The number of hydrogen-bond donors (Lipinski definition) is 1. The molecule has 1 aromatic heterocycles. The highest BCUT2D eigenvalue weighted by Gasteiger charge is 2.28. The Hall–Kier alpha value is -2.91. The summed E-state index contributed by atoms with van der Waals surface area (Å²) in [5, 5.41) is 6.99. The summed E-state index contributed by atoms with van der Waals surface area (Å²) in [6.45, 7) is 11.4. The number of likely N-dealkylation sites (tertiary alicyclic amines) is 1. The molecule has 9 heteroatoms. The number of aryl methyl sites for hydroxylation is 1. The fraction of sp³-hybridized carbons (Fsp3) is 0.577. The standard InChI is InChI=1S/C26H39N5O4/c1-20-8-10-22(11-9-20)34-14-13-29(5)25(33)18-31-16-21(15-27-31)28-24(32)19-35-23-7-6-12-30(17-23)26(2,3)4/h8-11,15-16,23H,6-7,12-14,17-19H2,1-5H3,(H,28,32). The van der Waals surface area contributed by atoms with Crippen LogP contribution >= 0.6 is 0 Å². The maximum atomic E-state index is 12.5. The summed E-state index contributed by atoms with van der Waals surface area (Å²) in [5.41, 5.74) is 1.80. The lowest BCUT2D eigenvalue weighted by atomic mass is 9.99. The molecule has 1 atom stereocenters. The highest BCUT2D eigenvalue weighted by atomic mass is 16.5. The normalized spacial score (nSPS) is 16.7. The molecule has 1 aromatic carbocycles. The van der Waals surface area contributed by atoms with E-state index in [-0.39, 0.29) is 36.6 Å². The highest BCUT2D eigenvalue weighted by molar-refractivity contribution is 5.91. The number of carbonyl (C=O) groups is 2. The quantitative estimate of drug-likeness (QED) is 0.557. The van der Waals surface area contributed by atoms with Crippen LogP contribution in [0, 0.1) is 6.92 Å². The molecule has 1 aliphatic rings. The van der Waals surface area contributed by atoms with Gasteiger partial charge in [0.15, 0.2) is 0 Å². The van der Waals surface area contributed by atoms with Crippen molar-refractivity contribution in [2.45, 2.75) is 58.7 Å². The van der Waals surface area contributed by atoms with Gasteiger partial charge in [-0.05, 0) is 59.2 Å². The maximum Gasteiger partial charge on any atom is 0.250 e. The first kappa shape index (κ1) is 26.7. The van der Waals surface area contributed by atoms with Crippen LogP contribution in [0.1, 0.15) is 39.2 Å². The Morgan fingerprint density at radius 2 is 1.97 bits per heavy atom. The van der Waals surface area contributed by atoms with Gasteiger partial charge in [-0.1, -0.05) is 17.7 Å². The number of benzene rings is 1. The molecule has 9 nitrogen and oxygen atoms in total. The SMILES string of the molecule is Cc1ccc(OCCN(C)C(=O)Cn2cc(NC(=O)COC3CCCN(C(C)(C)C)C3)cn2)cc1. The first-order valence-electron chi connectivity index (χ1n) is 12.2. The Kier molecular flexibility index (Phi) is 9.28. The predicted molar refractivity (Wildman–Crippen MR) is 135 cm³/mol. The van der Waals surface area contributed by atoms with E-state index in [1.807, 2.05) is 31.2 Å². The van der Waals surface area contributed by atoms with Gasteiger partial charge < -0.3 is 19.7 Å². The molecular formula is C26H39N5O4. The molecule has 1 unspecified atom stereocenters. The molecule has 1 fully saturated rings. The third kappa shape index (κ3) is 8.67. The van der Waals surface area contributed by atoms with E-state index in [2.05, 4.69) is 36.1 Å². The van der Waals surface area contributed by atoms with Crippen LogP contribution in [0.4, 0.5) is 5.69 Å². The van der Waals surface area contributed by atoms with Gasteiger partial charge >= 0.3 is 0 Å². The van der Waals surface area contributed by atoms with Crippen LogP contribution in [0.3, 0.4) is 0 Å². The number of hydrogen-bond acceptors (Lipinski definition) is 6. The maximum absolute atomic E-state index is 12.5. The summed E-state index contributed by atoms with van der Waals surface area (Å²) in [7, 11) is 1.73. The molecule has 0 bridgehead atoms. The minimum absolute atomic E-state index is 0.00349. The number of nitrogens with one attached hydrogen (secondary N) is 1. The summed E-state index contributed by atoms with van der Waals surface area (Å²) >= 11 is 0. The number of anilines is 1. The summed E-state index contributed by atoms with van der Waals surface area (Å²) in [5.74, 6) is 0.458. The van der Waals surface area contributed by atoms with Gasteiger partial charge in [0.25, 0.3) is 0 Å². The Labute approximate surface area is 208 Å². The average molecular weight is 486 g/mol. The fourth-order valence-electron chi connectivity index (χ4n) is 3.91. The molecular weight excluding hydrogens is 446 g/mol. The van der Waals surface area contributed by atoms with Crippen molar-refractivity contribution in [3.8, 4) is 5.75 Å². The van der Waals surface area contributed by atoms with Gasteiger partial charge in [0, 0.05) is 25.3 Å². The van der Waals surface area contributed by atoms with Gasteiger partial charge in [0.05, 0.1) is 24.5 Å². The molecule has 192 valence electrons. The number of rotatable bonds is 10. The van der Waals surface area contributed by atoms with Crippen LogP contribution in [-0.2, 0) is 20.9 Å². The molecule has 1 N–H and O–H groups in total. The molecule has 2 aromatic rings. The molecule has 1 saturated heterocycles. The largest absolute Gasteiger partial charge is 0.492 e. The zero-order valence-electron chi connectivity index (χ0n) is 21.6. The van der Waals surface area contributed by atoms with Gasteiger partial charge in [0.2, 0.25) is 11.8 Å². The number of carbonyl (C=O) groups excluding carboxylic acids is 2. The van der Waals surface area contributed by atoms with E-state index >= 15 is 0 Å². The summed E-state index contributed by atoms with van der Waals surface area (Å²) < 4.78 is 13.1. The number of amides is 2. The van der Waals surface area contributed by atoms with E-state index in [0.29, 0.717) is 18.8 Å².